The molecule has 0 saturated heterocycles. The van der Waals surface area contributed by atoms with Crippen LogP contribution in [0.1, 0.15) is 18.0 Å². The molecule has 2 N–H and O–H groups in total. The first kappa shape index (κ1) is 15.5. The normalized spacial score (nSPS) is 11.0. The van der Waals surface area contributed by atoms with Crippen molar-refractivity contribution in [2.24, 2.45) is 5.73 Å². The monoisotopic (exact) mass is 260 g/mol. The lowest BCUT2D eigenvalue weighted by atomic mass is 10.0. The molecule has 94 valence electrons. The largest absolute Gasteiger partial charge is 0.493 e. The highest BCUT2D eigenvalue weighted by molar-refractivity contribution is 5.85. The molecular formula is C11H14ClFN2O2. The number of halogens is 2. The molecule has 0 aliphatic heterocycles. The van der Waals surface area contributed by atoms with Crippen LogP contribution in [0.15, 0.2) is 12.1 Å². The second-order valence-corrected chi connectivity index (χ2v) is 3.20. The summed E-state index contributed by atoms with van der Waals surface area (Å²) in [7, 11) is 2.88. The third kappa shape index (κ3) is 3.48. The van der Waals surface area contributed by atoms with Crippen LogP contribution in [0.4, 0.5) is 4.39 Å². The number of methoxy groups -OCH3 is 2. The molecule has 1 aromatic carbocycles. The van der Waals surface area contributed by atoms with Crippen LogP contribution in [-0.4, -0.2) is 14.2 Å². The van der Waals surface area contributed by atoms with Gasteiger partial charge < -0.3 is 15.2 Å². The summed E-state index contributed by atoms with van der Waals surface area (Å²) in [5, 5.41) is 8.51. The standard InChI is InChI=1S/C11H13FN2O2.ClH/c1-15-10-5-7(9(14)3-4-13)8(12)6-11(10)16-2;/h5-6,9H,3,14H2,1-2H3;1H/t9-;/m0./s1. The van der Waals surface area contributed by atoms with Crippen LogP contribution in [0, 0.1) is 17.1 Å². The van der Waals surface area contributed by atoms with Crippen molar-refractivity contribution in [3.63, 3.8) is 0 Å². The molecule has 1 rings (SSSR count). The zero-order valence-corrected chi connectivity index (χ0v) is 10.4. The van der Waals surface area contributed by atoms with Crippen molar-refractivity contribution in [2.75, 3.05) is 14.2 Å². The molecule has 6 heteroatoms. The number of hydrogen-bond acceptors (Lipinski definition) is 4. The van der Waals surface area contributed by atoms with Crippen LogP contribution in [-0.2, 0) is 0 Å². The third-order valence-electron chi connectivity index (χ3n) is 2.21. The summed E-state index contributed by atoms with van der Waals surface area (Å²) < 4.78 is 23.6. The minimum atomic E-state index is -0.662. The minimum absolute atomic E-state index is 0. The summed E-state index contributed by atoms with van der Waals surface area (Å²) in [6, 6.07) is 3.89. The van der Waals surface area contributed by atoms with E-state index in [0.29, 0.717) is 11.5 Å². The van der Waals surface area contributed by atoms with Gasteiger partial charge in [0.25, 0.3) is 0 Å². The SMILES string of the molecule is COc1cc(F)c([C@@H](N)CC#N)cc1OC.Cl. The Labute approximate surface area is 106 Å². The molecule has 0 bridgehead atoms. The Balaban J connectivity index is 0.00000256. The molecule has 0 aliphatic carbocycles. The summed E-state index contributed by atoms with van der Waals surface area (Å²) in [4.78, 5) is 0. The van der Waals surface area contributed by atoms with E-state index in [9.17, 15) is 4.39 Å². The first-order chi connectivity index (χ1) is 7.63. The predicted octanol–water partition coefficient (Wildman–Crippen LogP) is 2.18. The van der Waals surface area contributed by atoms with E-state index in [1.54, 1.807) is 0 Å². The number of nitrogens with zero attached hydrogens (tertiary/aromatic N) is 1. The van der Waals surface area contributed by atoms with Gasteiger partial charge in [0.15, 0.2) is 11.5 Å². The Bertz CT molecular complexity index is 421. The van der Waals surface area contributed by atoms with Crippen LogP contribution in [0.25, 0.3) is 0 Å². The van der Waals surface area contributed by atoms with Gasteiger partial charge in [-0.05, 0) is 6.07 Å². The molecule has 1 atom stereocenters. The number of rotatable bonds is 4. The predicted molar refractivity (Wildman–Crippen MR) is 63.9 cm³/mol. The van der Waals surface area contributed by atoms with Gasteiger partial charge in [-0.2, -0.15) is 5.26 Å². The molecule has 1 aromatic rings. The maximum absolute atomic E-state index is 13.6. The van der Waals surface area contributed by atoms with Crippen LogP contribution in [0.2, 0.25) is 0 Å². The van der Waals surface area contributed by atoms with Crippen molar-refractivity contribution < 1.29 is 13.9 Å². The molecule has 4 nitrogen and oxygen atoms in total. The van der Waals surface area contributed by atoms with Gasteiger partial charge in [0.2, 0.25) is 0 Å². The van der Waals surface area contributed by atoms with Crippen LogP contribution in [0.3, 0.4) is 0 Å². The molecule has 0 heterocycles. The van der Waals surface area contributed by atoms with Gasteiger partial charge in [-0.1, -0.05) is 0 Å². The van der Waals surface area contributed by atoms with E-state index >= 15 is 0 Å². The lowest BCUT2D eigenvalue weighted by molar-refractivity contribution is 0.351. The quantitative estimate of drug-likeness (QED) is 0.901. The van der Waals surface area contributed by atoms with Gasteiger partial charge >= 0.3 is 0 Å². The fourth-order valence-electron chi connectivity index (χ4n) is 1.36. The second kappa shape index (κ2) is 6.94. The van der Waals surface area contributed by atoms with Crippen molar-refractivity contribution in [3.8, 4) is 17.6 Å². The highest BCUT2D eigenvalue weighted by Gasteiger charge is 2.16. The van der Waals surface area contributed by atoms with Gasteiger partial charge in [0, 0.05) is 17.7 Å². The van der Waals surface area contributed by atoms with Crippen molar-refractivity contribution in [2.45, 2.75) is 12.5 Å². The van der Waals surface area contributed by atoms with Gasteiger partial charge in [0.1, 0.15) is 5.82 Å². The fourth-order valence-corrected chi connectivity index (χ4v) is 1.36. The lowest BCUT2D eigenvalue weighted by Gasteiger charge is -2.13. The van der Waals surface area contributed by atoms with Gasteiger partial charge in [0.05, 0.1) is 26.7 Å². The summed E-state index contributed by atoms with van der Waals surface area (Å²) in [5.74, 6) is 0.195. The highest BCUT2D eigenvalue weighted by atomic mass is 35.5. The molecule has 0 spiro atoms. The van der Waals surface area contributed by atoms with Crippen LogP contribution in [0.5, 0.6) is 11.5 Å². The Morgan fingerprint density at radius 1 is 1.35 bits per heavy atom. The van der Waals surface area contributed by atoms with E-state index in [4.69, 9.17) is 20.5 Å². The van der Waals surface area contributed by atoms with Gasteiger partial charge in [-0.25, -0.2) is 4.39 Å². The number of ether oxygens (including phenoxy) is 2. The Morgan fingerprint density at radius 3 is 2.35 bits per heavy atom. The number of benzene rings is 1. The molecule has 0 aromatic heterocycles. The van der Waals surface area contributed by atoms with E-state index < -0.39 is 11.9 Å². The topological polar surface area (TPSA) is 68.3 Å². The Kier molecular flexibility index (Phi) is 6.33. The van der Waals surface area contributed by atoms with E-state index in [0.717, 1.165) is 0 Å². The molecule has 0 radical (unpaired) electrons. The van der Waals surface area contributed by atoms with Crippen LogP contribution >= 0.6 is 12.4 Å². The van der Waals surface area contributed by atoms with Crippen molar-refractivity contribution in [1.82, 2.24) is 0 Å². The van der Waals surface area contributed by atoms with E-state index in [-0.39, 0.29) is 24.4 Å². The van der Waals surface area contributed by atoms with E-state index in [1.165, 1.54) is 26.4 Å². The lowest BCUT2D eigenvalue weighted by Crippen LogP contribution is -2.11. The van der Waals surface area contributed by atoms with E-state index in [1.807, 2.05) is 6.07 Å². The Morgan fingerprint density at radius 2 is 1.88 bits per heavy atom. The summed E-state index contributed by atoms with van der Waals surface area (Å²) in [5.41, 5.74) is 5.91. The minimum Gasteiger partial charge on any atom is -0.493 e. The first-order valence-corrected chi connectivity index (χ1v) is 4.68. The van der Waals surface area contributed by atoms with Crippen molar-refractivity contribution >= 4 is 12.4 Å². The summed E-state index contributed by atoms with van der Waals surface area (Å²) in [6.45, 7) is 0. The zero-order valence-electron chi connectivity index (χ0n) is 9.57. The number of nitriles is 1. The summed E-state index contributed by atoms with van der Waals surface area (Å²) in [6.07, 6.45) is 0.0480. The van der Waals surface area contributed by atoms with Crippen molar-refractivity contribution in [3.05, 3.63) is 23.5 Å². The molecular weight excluding hydrogens is 247 g/mol. The molecule has 0 fully saturated rings. The van der Waals surface area contributed by atoms with Crippen molar-refractivity contribution in [1.29, 1.82) is 5.26 Å². The Hall–Kier alpha value is -1.51. The molecule has 0 saturated carbocycles. The fraction of sp³-hybridized carbons (Fsp3) is 0.364. The number of hydrogen-bond donors (Lipinski definition) is 1. The highest BCUT2D eigenvalue weighted by Crippen LogP contribution is 2.32. The number of nitrogens with two attached hydrogens (primary N) is 1. The summed E-state index contributed by atoms with van der Waals surface area (Å²) >= 11 is 0. The zero-order chi connectivity index (χ0) is 12.1. The molecule has 0 amide bonds. The van der Waals surface area contributed by atoms with Gasteiger partial charge in [-0.15, -0.1) is 12.4 Å². The molecule has 0 aliphatic rings. The maximum Gasteiger partial charge on any atom is 0.163 e. The smallest absolute Gasteiger partial charge is 0.163 e. The van der Waals surface area contributed by atoms with E-state index in [2.05, 4.69) is 0 Å². The third-order valence-corrected chi connectivity index (χ3v) is 2.21. The maximum atomic E-state index is 13.6. The molecule has 0 unspecified atom stereocenters. The second-order valence-electron chi connectivity index (χ2n) is 3.20. The average Bonchev–Trinajstić information content (AvgIpc) is 2.28. The molecule has 17 heavy (non-hydrogen) atoms. The van der Waals surface area contributed by atoms with Crippen LogP contribution < -0.4 is 15.2 Å². The first-order valence-electron chi connectivity index (χ1n) is 4.68. The van der Waals surface area contributed by atoms with Gasteiger partial charge in [-0.3, -0.25) is 0 Å². The average molecular weight is 261 g/mol.